The zero-order chi connectivity index (χ0) is 11.6. The third-order valence-corrected chi connectivity index (χ3v) is 2.72. The minimum Gasteiger partial charge on any atom is -0.369 e. The summed E-state index contributed by atoms with van der Waals surface area (Å²) in [5.41, 5.74) is 11.7. The Balaban J connectivity index is 3.23. The number of halogens is 1. The lowest BCUT2D eigenvalue weighted by atomic mass is 9.97. The van der Waals surface area contributed by atoms with Crippen molar-refractivity contribution < 1.29 is 9.59 Å². The van der Waals surface area contributed by atoms with Gasteiger partial charge in [0.1, 0.15) is 5.92 Å². The molecule has 0 spiro atoms. The molecule has 4 nitrogen and oxygen atoms in total. The third kappa shape index (κ3) is 2.56. The van der Waals surface area contributed by atoms with Crippen molar-refractivity contribution in [1.82, 2.24) is 0 Å². The third-order valence-electron chi connectivity index (χ3n) is 2.04. The quantitative estimate of drug-likeness (QED) is 0.797. The van der Waals surface area contributed by atoms with Crippen LogP contribution in [-0.4, -0.2) is 11.8 Å². The molecule has 0 saturated carbocycles. The number of benzene rings is 1. The van der Waals surface area contributed by atoms with Gasteiger partial charge in [-0.2, -0.15) is 0 Å². The van der Waals surface area contributed by atoms with Crippen LogP contribution in [0.25, 0.3) is 0 Å². The van der Waals surface area contributed by atoms with Gasteiger partial charge in [-0.05, 0) is 24.1 Å². The van der Waals surface area contributed by atoms with Gasteiger partial charge in [0.25, 0.3) is 0 Å². The molecule has 0 fully saturated rings. The fourth-order valence-corrected chi connectivity index (χ4v) is 2.04. The molecule has 4 N–H and O–H groups in total. The largest absolute Gasteiger partial charge is 0.369 e. The van der Waals surface area contributed by atoms with Crippen LogP contribution in [-0.2, 0) is 9.59 Å². The molecule has 0 saturated heterocycles. The number of hydrogen-bond acceptors (Lipinski definition) is 2. The number of rotatable bonds is 3. The zero-order valence-corrected chi connectivity index (χ0v) is 9.74. The van der Waals surface area contributed by atoms with Crippen LogP contribution in [0.3, 0.4) is 0 Å². The van der Waals surface area contributed by atoms with Gasteiger partial charge in [0.2, 0.25) is 11.8 Å². The molecule has 0 heterocycles. The number of aryl methyl sites for hydroxylation is 1. The lowest BCUT2D eigenvalue weighted by molar-refractivity contribution is -0.128. The van der Waals surface area contributed by atoms with Gasteiger partial charge < -0.3 is 11.5 Å². The van der Waals surface area contributed by atoms with E-state index in [4.69, 9.17) is 11.5 Å². The number of nitrogens with two attached hydrogens (primary N) is 2. The van der Waals surface area contributed by atoms with Crippen LogP contribution < -0.4 is 11.5 Å². The molecule has 1 rings (SSSR count). The first-order valence-electron chi connectivity index (χ1n) is 4.28. The molecular weight excluding hydrogens is 260 g/mol. The lowest BCUT2D eigenvalue weighted by Gasteiger charge is -2.12. The van der Waals surface area contributed by atoms with E-state index in [1.807, 2.05) is 6.92 Å². The van der Waals surface area contributed by atoms with Gasteiger partial charge in [-0.1, -0.05) is 28.1 Å². The molecule has 80 valence electrons. The highest BCUT2D eigenvalue weighted by atomic mass is 79.9. The normalized spacial score (nSPS) is 10.3. The summed E-state index contributed by atoms with van der Waals surface area (Å²) in [7, 11) is 0. The molecule has 0 atom stereocenters. The van der Waals surface area contributed by atoms with E-state index in [0.717, 1.165) is 5.56 Å². The molecule has 0 aliphatic rings. The highest BCUT2D eigenvalue weighted by molar-refractivity contribution is 9.10. The molecule has 0 bridgehead atoms. The Labute approximate surface area is 95.8 Å². The summed E-state index contributed by atoms with van der Waals surface area (Å²) in [4.78, 5) is 22.2. The molecule has 5 heteroatoms. The number of carbonyl (C=O) groups is 2. The lowest BCUT2D eigenvalue weighted by Crippen LogP contribution is -2.33. The minimum absolute atomic E-state index is 0.501. The van der Waals surface area contributed by atoms with E-state index in [1.54, 1.807) is 18.2 Å². The van der Waals surface area contributed by atoms with E-state index in [-0.39, 0.29) is 0 Å². The first kappa shape index (κ1) is 11.7. The first-order chi connectivity index (χ1) is 6.93. The number of primary amides is 2. The van der Waals surface area contributed by atoms with E-state index in [1.165, 1.54) is 0 Å². The molecule has 1 aromatic carbocycles. The van der Waals surface area contributed by atoms with Crippen LogP contribution in [0.4, 0.5) is 0 Å². The van der Waals surface area contributed by atoms with Crippen molar-refractivity contribution in [3.63, 3.8) is 0 Å². The maximum atomic E-state index is 11.1. The van der Waals surface area contributed by atoms with Crippen molar-refractivity contribution in [3.8, 4) is 0 Å². The summed E-state index contributed by atoms with van der Waals surface area (Å²) in [6, 6.07) is 5.26. The van der Waals surface area contributed by atoms with Crippen molar-refractivity contribution in [3.05, 3.63) is 33.8 Å². The SMILES string of the molecule is Cc1ccc(C(C(N)=O)C(N)=O)c(Br)c1. The number of hydrogen-bond donors (Lipinski definition) is 2. The van der Waals surface area contributed by atoms with Gasteiger partial charge in [0.15, 0.2) is 0 Å². The van der Waals surface area contributed by atoms with Gasteiger partial charge in [-0.25, -0.2) is 0 Å². The van der Waals surface area contributed by atoms with Crippen LogP contribution in [0.15, 0.2) is 22.7 Å². The fraction of sp³-hybridized carbons (Fsp3) is 0.200. The Morgan fingerprint density at radius 3 is 2.20 bits per heavy atom. The predicted octanol–water partition coefficient (Wildman–Crippen LogP) is 0.812. The summed E-state index contributed by atoms with van der Waals surface area (Å²) in [5.74, 6) is -2.57. The minimum atomic E-state index is -1.08. The molecule has 15 heavy (non-hydrogen) atoms. The van der Waals surface area contributed by atoms with Gasteiger partial charge >= 0.3 is 0 Å². The molecule has 1 aromatic rings. The van der Waals surface area contributed by atoms with Crippen molar-refractivity contribution in [1.29, 1.82) is 0 Å². The standard InChI is InChI=1S/C10H11BrN2O2/c1-5-2-3-6(7(11)4-5)8(9(12)14)10(13)15/h2-4,8H,1H3,(H2,12,14)(H2,13,15). The molecule has 2 amide bonds. The van der Waals surface area contributed by atoms with Crippen LogP contribution in [0.2, 0.25) is 0 Å². The van der Waals surface area contributed by atoms with Gasteiger partial charge in [-0.3, -0.25) is 9.59 Å². The Bertz CT molecular complexity index is 404. The van der Waals surface area contributed by atoms with E-state index in [0.29, 0.717) is 10.0 Å². The Kier molecular flexibility index (Phi) is 3.47. The Hall–Kier alpha value is -1.36. The second-order valence-electron chi connectivity index (χ2n) is 3.26. The summed E-state index contributed by atoms with van der Waals surface area (Å²) in [5, 5.41) is 0. The Morgan fingerprint density at radius 2 is 1.80 bits per heavy atom. The smallest absolute Gasteiger partial charge is 0.234 e. The molecule has 0 aromatic heterocycles. The van der Waals surface area contributed by atoms with E-state index in [9.17, 15) is 9.59 Å². The second kappa shape index (κ2) is 4.44. The predicted molar refractivity (Wildman–Crippen MR) is 60.0 cm³/mol. The van der Waals surface area contributed by atoms with E-state index < -0.39 is 17.7 Å². The second-order valence-corrected chi connectivity index (χ2v) is 4.12. The molecule has 0 radical (unpaired) electrons. The molecule has 0 aliphatic carbocycles. The van der Waals surface area contributed by atoms with E-state index >= 15 is 0 Å². The maximum Gasteiger partial charge on any atom is 0.234 e. The highest BCUT2D eigenvalue weighted by Crippen LogP contribution is 2.25. The number of amides is 2. The molecule has 0 aliphatic heterocycles. The van der Waals surface area contributed by atoms with Gasteiger partial charge in [0, 0.05) is 4.47 Å². The highest BCUT2D eigenvalue weighted by Gasteiger charge is 2.25. The summed E-state index contributed by atoms with van der Waals surface area (Å²) in [6.45, 7) is 1.90. The van der Waals surface area contributed by atoms with Crippen LogP contribution in [0, 0.1) is 6.92 Å². The summed E-state index contributed by atoms with van der Waals surface area (Å²) >= 11 is 3.27. The van der Waals surface area contributed by atoms with Gasteiger partial charge in [0.05, 0.1) is 0 Å². The Morgan fingerprint density at radius 1 is 1.27 bits per heavy atom. The zero-order valence-electron chi connectivity index (χ0n) is 8.16. The van der Waals surface area contributed by atoms with Crippen molar-refractivity contribution in [2.75, 3.05) is 0 Å². The fourth-order valence-electron chi connectivity index (χ4n) is 1.31. The van der Waals surface area contributed by atoms with Crippen LogP contribution in [0.5, 0.6) is 0 Å². The molecule has 0 unspecified atom stereocenters. The molecular formula is C10H11BrN2O2. The van der Waals surface area contributed by atoms with Gasteiger partial charge in [-0.15, -0.1) is 0 Å². The first-order valence-corrected chi connectivity index (χ1v) is 5.07. The van der Waals surface area contributed by atoms with Crippen molar-refractivity contribution >= 4 is 27.7 Å². The van der Waals surface area contributed by atoms with E-state index in [2.05, 4.69) is 15.9 Å². The average Bonchev–Trinajstić information content (AvgIpc) is 2.08. The summed E-state index contributed by atoms with van der Waals surface area (Å²) < 4.78 is 0.658. The maximum absolute atomic E-state index is 11.1. The van der Waals surface area contributed by atoms with Crippen molar-refractivity contribution in [2.24, 2.45) is 11.5 Å². The monoisotopic (exact) mass is 270 g/mol. The summed E-state index contributed by atoms with van der Waals surface area (Å²) in [6.07, 6.45) is 0. The average molecular weight is 271 g/mol. The van der Waals surface area contributed by atoms with Crippen molar-refractivity contribution in [2.45, 2.75) is 12.8 Å². The van der Waals surface area contributed by atoms with Crippen LogP contribution >= 0.6 is 15.9 Å². The number of carbonyl (C=O) groups excluding carboxylic acids is 2. The van der Waals surface area contributed by atoms with Crippen LogP contribution in [0.1, 0.15) is 17.0 Å². The topological polar surface area (TPSA) is 86.2 Å².